The lowest BCUT2D eigenvalue weighted by Gasteiger charge is -2.20. The number of anilines is 1. The monoisotopic (exact) mass is 416 g/mol. The van der Waals surface area contributed by atoms with Crippen LogP contribution in [-0.2, 0) is 0 Å². The van der Waals surface area contributed by atoms with E-state index in [1.54, 1.807) is 54.6 Å². The second-order valence-corrected chi connectivity index (χ2v) is 6.83. The van der Waals surface area contributed by atoms with Gasteiger partial charge in [0.15, 0.2) is 17.3 Å². The Kier molecular flexibility index (Phi) is 5.93. The maximum absolute atomic E-state index is 12.6. The van der Waals surface area contributed by atoms with Crippen molar-refractivity contribution in [1.29, 1.82) is 0 Å². The third kappa shape index (κ3) is 4.72. The van der Waals surface area contributed by atoms with Crippen molar-refractivity contribution in [3.8, 4) is 11.5 Å². The van der Waals surface area contributed by atoms with Gasteiger partial charge in [-0.1, -0.05) is 24.3 Å². The zero-order valence-electron chi connectivity index (χ0n) is 16.6. The van der Waals surface area contributed by atoms with Gasteiger partial charge in [-0.25, -0.2) is 0 Å². The average molecular weight is 416 g/mol. The Morgan fingerprint density at radius 1 is 0.742 bits per heavy atom. The summed E-state index contributed by atoms with van der Waals surface area (Å²) >= 11 is 0. The van der Waals surface area contributed by atoms with Gasteiger partial charge in [0.25, 0.3) is 11.8 Å². The molecule has 156 valence electrons. The van der Waals surface area contributed by atoms with E-state index in [-0.39, 0.29) is 18.2 Å². The Morgan fingerprint density at radius 3 is 2.16 bits per heavy atom. The second-order valence-electron chi connectivity index (χ2n) is 6.83. The Hall–Kier alpha value is -4.13. The van der Waals surface area contributed by atoms with E-state index in [9.17, 15) is 14.4 Å². The van der Waals surface area contributed by atoms with E-state index < -0.39 is 5.91 Å². The first-order valence-electron chi connectivity index (χ1n) is 9.78. The van der Waals surface area contributed by atoms with E-state index in [4.69, 9.17) is 9.47 Å². The number of hydrogen-bond acceptors (Lipinski definition) is 5. The number of benzene rings is 3. The highest BCUT2D eigenvalue weighted by molar-refractivity contribution is 6.06. The van der Waals surface area contributed by atoms with Crippen molar-refractivity contribution in [2.45, 2.75) is 0 Å². The molecule has 0 radical (unpaired) electrons. The summed E-state index contributed by atoms with van der Waals surface area (Å²) < 4.78 is 11.0. The van der Waals surface area contributed by atoms with Crippen molar-refractivity contribution in [3.63, 3.8) is 0 Å². The lowest BCUT2D eigenvalue weighted by Crippen LogP contribution is -2.30. The van der Waals surface area contributed by atoms with Gasteiger partial charge in [0.2, 0.25) is 0 Å². The summed E-state index contributed by atoms with van der Waals surface area (Å²) in [4.78, 5) is 37.3. The highest BCUT2D eigenvalue weighted by atomic mass is 16.6. The van der Waals surface area contributed by atoms with Crippen LogP contribution >= 0.6 is 0 Å². The zero-order valence-corrected chi connectivity index (χ0v) is 16.6. The summed E-state index contributed by atoms with van der Waals surface area (Å²) in [5.41, 5.74) is 1.82. The van der Waals surface area contributed by atoms with Crippen LogP contribution in [0.1, 0.15) is 31.1 Å². The predicted octanol–water partition coefficient (Wildman–Crippen LogP) is 3.32. The first-order chi connectivity index (χ1) is 15.1. The Labute approximate surface area is 179 Å². The standard InChI is InChI=1S/C24H20N2O5/c27-20(19-7-4-8-21-22(19)31-14-13-30-21)15-25-23(28)16-9-11-17(12-10-16)24(29)26-18-5-2-1-3-6-18/h1-12H,13-15H2,(H,25,28)(H,26,29). The molecule has 0 unspecified atom stereocenters. The maximum Gasteiger partial charge on any atom is 0.255 e. The van der Waals surface area contributed by atoms with Crippen LogP contribution in [0.25, 0.3) is 0 Å². The molecule has 4 rings (SSSR count). The van der Waals surface area contributed by atoms with Gasteiger partial charge < -0.3 is 20.1 Å². The predicted molar refractivity (Wildman–Crippen MR) is 115 cm³/mol. The summed E-state index contributed by atoms with van der Waals surface area (Å²) in [5.74, 6) is -0.0427. The highest BCUT2D eigenvalue weighted by Gasteiger charge is 2.20. The van der Waals surface area contributed by atoms with Gasteiger partial charge in [-0.2, -0.15) is 0 Å². The second kappa shape index (κ2) is 9.13. The minimum Gasteiger partial charge on any atom is -0.486 e. The SMILES string of the molecule is O=C(NCC(=O)c1cccc2c1OCCO2)c1ccc(C(=O)Nc2ccccc2)cc1. The molecule has 0 atom stereocenters. The van der Waals surface area contributed by atoms with Crippen LogP contribution in [0, 0.1) is 0 Å². The lowest BCUT2D eigenvalue weighted by molar-refractivity contribution is 0.0899. The molecule has 1 heterocycles. The fraction of sp³-hybridized carbons (Fsp3) is 0.125. The van der Waals surface area contributed by atoms with Gasteiger partial charge >= 0.3 is 0 Å². The number of para-hydroxylation sites is 2. The summed E-state index contributed by atoms with van der Waals surface area (Å²) in [7, 11) is 0. The average Bonchev–Trinajstić information content (AvgIpc) is 2.82. The van der Waals surface area contributed by atoms with Gasteiger partial charge in [-0.15, -0.1) is 0 Å². The number of carbonyl (C=O) groups is 3. The molecule has 0 saturated heterocycles. The van der Waals surface area contributed by atoms with Gasteiger partial charge in [0, 0.05) is 16.8 Å². The van der Waals surface area contributed by atoms with Crippen molar-refractivity contribution in [2.24, 2.45) is 0 Å². The van der Waals surface area contributed by atoms with Crippen molar-refractivity contribution in [3.05, 3.63) is 89.5 Å². The van der Waals surface area contributed by atoms with E-state index in [2.05, 4.69) is 10.6 Å². The van der Waals surface area contributed by atoms with Crippen LogP contribution in [0.4, 0.5) is 5.69 Å². The van der Waals surface area contributed by atoms with Crippen molar-refractivity contribution >= 4 is 23.3 Å². The van der Waals surface area contributed by atoms with Gasteiger partial charge in [-0.05, 0) is 48.5 Å². The van der Waals surface area contributed by atoms with E-state index >= 15 is 0 Å². The zero-order chi connectivity index (χ0) is 21.6. The third-order valence-corrected chi connectivity index (χ3v) is 4.72. The largest absolute Gasteiger partial charge is 0.486 e. The number of carbonyl (C=O) groups excluding carboxylic acids is 3. The molecular weight excluding hydrogens is 396 g/mol. The van der Waals surface area contributed by atoms with E-state index in [0.29, 0.717) is 47.1 Å². The topological polar surface area (TPSA) is 93.7 Å². The molecule has 0 fully saturated rings. The highest BCUT2D eigenvalue weighted by Crippen LogP contribution is 2.33. The Balaban J connectivity index is 1.36. The normalized spacial score (nSPS) is 12.0. The number of amides is 2. The Morgan fingerprint density at radius 2 is 1.42 bits per heavy atom. The lowest BCUT2D eigenvalue weighted by atomic mass is 10.1. The molecule has 0 bridgehead atoms. The number of Topliss-reactive ketones (excluding diaryl/α,β-unsaturated/α-hetero) is 1. The Bertz CT molecular complexity index is 1110. The molecule has 7 nitrogen and oxygen atoms in total. The minimum absolute atomic E-state index is 0.186. The number of nitrogens with one attached hydrogen (secondary N) is 2. The summed E-state index contributed by atoms with van der Waals surface area (Å²) in [5, 5.41) is 5.39. The molecule has 3 aromatic rings. The van der Waals surface area contributed by atoms with Gasteiger partial charge in [0.05, 0.1) is 12.1 Å². The summed E-state index contributed by atoms with van der Waals surface area (Å²) in [6.07, 6.45) is 0. The quantitative estimate of drug-likeness (QED) is 0.602. The molecule has 0 spiro atoms. The fourth-order valence-corrected chi connectivity index (χ4v) is 3.15. The van der Waals surface area contributed by atoms with Crippen LogP contribution in [0.5, 0.6) is 11.5 Å². The van der Waals surface area contributed by atoms with E-state index in [0.717, 1.165) is 0 Å². The number of hydrogen-bond donors (Lipinski definition) is 2. The molecule has 7 heteroatoms. The molecule has 2 amide bonds. The number of fused-ring (bicyclic) bond motifs is 1. The number of ether oxygens (including phenoxy) is 2. The van der Waals surface area contributed by atoms with Crippen LogP contribution in [0.2, 0.25) is 0 Å². The first kappa shape index (κ1) is 20.2. The third-order valence-electron chi connectivity index (χ3n) is 4.72. The van der Waals surface area contributed by atoms with Crippen LogP contribution in [0.3, 0.4) is 0 Å². The van der Waals surface area contributed by atoms with Crippen LogP contribution in [-0.4, -0.2) is 37.4 Å². The van der Waals surface area contributed by atoms with Crippen molar-refractivity contribution in [1.82, 2.24) is 5.32 Å². The van der Waals surface area contributed by atoms with Gasteiger partial charge in [0.1, 0.15) is 13.2 Å². The fourth-order valence-electron chi connectivity index (χ4n) is 3.15. The first-order valence-corrected chi connectivity index (χ1v) is 9.78. The molecule has 31 heavy (non-hydrogen) atoms. The molecule has 3 aromatic carbocycles. The molecule has 0 saturated carbocycles. The molecule has 1 aliphatic heterocycles. The number of ketones is 1. The van der Waals surface area contributed by atoms with Crippen molar-refractivity contribution < 1.29 is 23.9 Å². The molecule has 2 N–H and O–H groups in total. The smallest absolute Gasteiger partial charge is 0.255 e. The minimum atomic E-state index is -0.412. The van der Waals surface area contributed by atoms with Crippen molar-refractivity contribution in [2.75, 3.05) is 25.1 Å². The summed E-state index contributed by atoms with van der Waals surface area (Å²) in [6, 6.07) is 20.4. The molecular formula is C24H20N2O5. The van der Waals surface area contributed by atoms with Crippen LogP contribution in [0.15, 0.2) is 72.8 Å². The van der Waals surface area contributed by atoms with Crippen LogP contribution < -0.4 is 20.1 Å². The molecule has 0 aliphatic carbocycles. The maximum atomic E-state index is 12.6. The summed E-state index contributed by atoms with van der Waals surface area (Å²) in [6.45, 7) is 0.615. The number of rotatable bonds is 6. The van der Waals surface area contributed by atoms with E-state index in [1.807, 2.05) is 18.2 Å². The van der Waals surface area contributed by atoms with E-state index in [1.165, 1.54) is 0 Å². The molecule has 1 aliphatic rings. The van der Waals surface area contributed by atoms with Gasteiger partial charge in [-0.3, -0.25) is 14.4 Å². The molecule has 0 aromatic heterocycles.